The molecule has 0 amide bonds. The highest BCUT2D eigenvalue weighted by molar-refractivity contribution is 5.08. The molecule has 1 aromatic rings. The summed E-state index contributed by atoms with van der Waals surface area (Å²) in [6.07, 6.45) is 4.50. The number of nitrogens with zero attached hydrogens (tertiary/aromatic N) is 1. The average Bonchev–Trinajstić information content (AvgIpc) is 2.27. The fraction of sp³-hybridized carbons (Fsp3) is 0.545. The first-order chi connectivity index (χ1) is 6.70. The molecule has 1 atom stereocenters. The Bertz CT molecular complexity index is 257. The minimum atomic E-state index is -0.185. The van der Waals surface area contributed by atoms with Crippen molar-refractivity contribution in [3.63, 3.8) is 0 Å². The van der Waals surface area contributed by atoms with Crippen molar-refractivity contribution in [1.29, 1.82) is 0 Å². The number of rotatable bonds is 5. The van der Waals surface area contributed by atoms with E-state index in [-0.39, 0.29) is 12.1 Å². The molecule has 0 bridgehead atoms. The Morgan fingerprint density at radius 1 is 1.57 bits per heavy atom. The van der Waals surface area contributed by atoms with E-state index < -0.39 is 0 Å². The largest absolute Gasteiger partial charge is 0.394 e. The standard InChI is InChI=1S/C11H18N2O/c1-3-11(2,9-14)13-8-10-5-4-6-12-7-10/h4-7,13-14H,3,8-9H2,1-2H3. The summed E-state index contributed by atoms with van der Waals surface area (Å²) < 4.78 is 0. The summed E-state index contributed by atoms with van der Waals surface area (Å²) in [6, 6.07) is 3.94. The third-order valence-corrected chi connectivity index (χ3v) is 2.57. The molecule has 1 rings (SSSR count). The van der Waals surface area contributed by atoms with Crippen LogP contribution in [0.15, 0.2) is 24.5 Å². The number of hydrogen-bond donors (Lipinski definition) is 2. The predicted molar refractivity (Wildman–Crippen MR) is 56.9 cm³/mol. The smallest absolute Gasteiger partial charge is 0.0610 e. The summed E-state index contributed by atoms with van der Waals surface area (Å²) in [5, 5.41) is 12.5. The Morgan fingerprint density at radius 2 is 2.36 bits per heavy atom. The lowest BCUT2D eigenvalue weighted by Gasteiger charge is -2.27. The molecule has 78 valence electrons. The van der Waals surface area contributed by atoms with Crippen LogP contribution < -0.4 is 5.32 Å². The molecule has 0 saturated carbocycles. The van der Waals surface area contributed by atoms with Gasteiger partial charge in [0.15, 0.2) is 0 Å². The summed E-state index contributed by atoms with van der Waals surface area (Å²) in [4.78, 5) is 4.03. The summed E-state index contributed by atoms with van der Waals surface area (Å²) in [5.41, 5.74) is 0.955. The van der Waals surface area contributed by atoms with E-state index in [9.17, 15) is 5.11 Å². The first kappa shape index (κ1) is 11.1. The van der Waals surface area contributed by atoms with Crippen molar-refractivity contribution in [3.05, 3.63) is 30.1 Å². The number of aliphatic hydroxyl groups excluding tert-OH is 1. The Morgan fingerprint density at radius 3 is 2.86 bits per heavy atom. The van der Waals surface area contributed by atoms with Crippen LogP contribution in [0.1, 0.15) is 25.8 Å². The number of pyridine rings is 1. The Hall–Kier alpha value is -0.930. The molecular formula is C11H18N2O. The highest BCUT2D eigenvalue weighted by atomic mass is 16.3. The molecule has 1 heterocycles. The van der Waals surface area contributed by atoms with Crippen LogP contribution >= 0.6 is 0 Å². The SMILES string of the molecule is CCC(C)(CO)NCc1cccnc1. The van der Waals surface area contributed by atoms with Crippen LogP contribution in [0.2, 0.25) is 0 Å². The maximum Gasteiger partial charge on any atom is 0.0610 e. The molecule has 0 fully saturated rings. The highest BCUT2D eigenvalue weighted by Gasteiger charge is 2.19. The normalized spacial score (nSPS) is 15.1. The van der Waals surface area contributed by atoms with Crippen LogP contribution in [-0.4, -0.2) is 22.2 Å². The van der Waals surface area contributed by atoms with Crippen molar-refractivity contribution in [1.82, 2.24) is 10.3 Å². The molecular weight excluding hydrogens is 176 g/mol. The Balaban J connectivity index is 2.48. The molecule has 14 heavy (non-hydrogen) atoms. The third-order valence-electron chi connectivity index (χ3n) is 2.57. The molecule has 0 radical (unpaired) electrons. The molecule has 0 aliphatic rings. The van der Waals surface area contributed by atoms with Crippen LogP contribution in [0, 0.1) is 0 Å². The third kappa shape index (κ3) is 3.09. The van der Waals surface area contributed by atoms with Gasteiger partial charge in [-0.1, -0.05) is 13.0 Å². The number of hydrogen-bond acceptors (Lipinski definition) is 3. The molecule has 0 aliphatic heterocycles. The first-order valence-corrected chi connectivity index (χ1v) is 4.95. The fourth-order valence-corrected chi connectivity index (χ4v) is 1.11. The second-order valence-corrected chi connectivity index (χ2v) is 3.79. The van der Waals surface area contributed by atoms with Gasteiger partial charge in [-0.05, 0) is 25.0 Å². The highest BCUT2D eigenvalue weighted by Crippen LogP contribution is 2.08. The topological polar surface area (TPSA) is 45.1 Å². The Kier molecular flexibility index (Phi) is 4.04. The van der Waals surface area contributed by atoms with E-state index in [1.165, 1.54) is 0 Å². The van der Waals surface area contributed by atoms with E-state index in [1.807, 2.05) is 25.3 Å². The van der Waals surface area contributed by atoms with Crippen molar-refractivity contribution < 1.29 is 5.11 Å². The van der Waals surface area contributed by atoms with Gasteiger partial charge in [-0.3, -0.25) is 4.98 Å². The number of aliphatic hydroxyl groups is 1. The maximum atomic E-state index is 9.19. The molecule has 2 N–H and O–H groups in total. The second kappa shape index (κ2) is 5.08. The van der Waals surface area contributed by atoms with Gasteiger partial charge in [-0.15, -0.1) is 0 Å². The Labute approximate surface area is 85.2 Å². The van der Waals surface area contributed by atoms with E-state index >= 15 is 0 Å². The van der Waals surface area contributed by atoms with E-state index in [1.54, 1.807) is 6.20 Å². The molecule has 0 saturated heterocycles. The van der Waals surface area contributed by atoms with Crippen molar-refractivity contribution in [2.24, 2.45) is 0 Å². The number of nitrogens with one attached hydrogen (secondary N) is 1. The summed E-state index contributed by atoms with van der Waals surface area (Å²) >= 11 is 0. The molecule has 1 unspecified atom stereocenters. The van der Waals surface area contributed by atoms with E-state index in [4.69, 9.17) is 0 Å². The van der Waals surface area contributed by atoms with Crippen molar-refractivity contribution >= 4 is 0 Å². The van der Waals surface area contributed by atoms with Gasteiger partial charge in [0.05, 0.1) is 6.61 Å². The summed E-state index contributed by atoms with van der Waals surface area (Å²) in [6.45, 7) is 4.98. The molecule has 1 aromatic heterocycles. The minimum absolute atomic E-state index is 0.157. The van der Waals surface area contributed by atoms with Gasteiger partial charge >= 0.3 is 0 Å². The van der Waals surface area contributed by atoms with E-state index in [0.717, 1.165) is 18.5 Å². The second-order valence-electron chi connectivity index (χ2n) is 3.79. The minimum Gasteiger partial charge on any atom is -0.394 e. The quantitative estimate of drug-likeness (QED) is 0.743. The van der Waals surface area contributed by atoms with Crippen LogP contribution in [0.25, 0.3) is 0 Å². The summed E-state index contributed by atoms with van der Waals surface area (Å²) in [5.74, 6) is 0. The molecule has 0 spiro atoms. The fourth-order valence-electron chi connectivity index (χ4n) is 1.11. The molecule has 3 heteroatoms. The van der Waals surface area contributed by atoms with Crippen molar-refractivity contribution in [3.8, 4) is 0 Å². The lowest BCUT2D eigenvalue weighted by Crippen LogP contribution is -2.44. The van der Waals surface area contributed by atoms with Crippen molar-refractivity contribution in [2.75, 3.05) is 6.61 Å². The zero-order valence-corrected chi connectivity index (χ0v) is 8.83. The van der Waals surface area contributed by atoms with Gasteiger partial charge in [-0.25, -0.2) is 0 Å². The number of aromatic nitrogens is 1. The van der Waals surface area contributed by atoms with Gasteiger partial charge in [-0.2, -0.15) is 0 Å². The van der Waals surface area contributed by atoms with E-state index in [0.29, 0.717) is 0 Å². The molecule has 3 nitrogen and oxygen atoms in total. The lowest BCUT2D eigenvalue weighted by molar-refractivity contribution is 0.169. The monoisotopic (exact) mass is 194 g/mol. The zero-order chi connectivity index (χ0) is 10.4. The molecule has 0 aliphatic carbocycles. The van der Waals surface area contributed by atoms with Gasteiger partial charge < -0.3 is 10.4 Å². The van der Waals surface area contributed by atoms with E-state index in [2.05, 4.69) is 17.2 Å². The van der Waals surface area contributed by atoms with Gasteiger partial charge in [0.2, 0.25) is 0 Å². The zero-order valence-electron chi connectivity index (χ0n) is 8.83. The lowest BCUT2D eigenvalue weighted by atomic mass is 10.00. The predicted octanol–water partition coefficient (Wildman–Crippen LogP) is 1.33. The first-order valence-electron chi connectivity index (χ1n) is 4.95. The van der Waals surface area contributed by atoms with Crippen LogP contribution in [-0.2, 0) is 6.54 Å². The molecule has 0 aromatic carbocycles. The van der Waals surface area contributed by atoms with Crippen LogP contribution in [0.5, 0.6) is 0 Å². The van der Waals surface area contributed by atoms with Gasteiger partial charge in [0, 0.05) is 24.5 Å². The van der Waals surface area contributed by atoms with Gasteiger partial charge in [0.25, 0.3) is 0 Å². The maximum absolute atomic E-state index is 9.19. The average molecular weight is 194 g/mol. The van der Waals surface area contributed by atoms with Crippen LogP contribution in [0.4, 0.5) is 0 Å². The summed E-state index contributed by atoms with van der Waals surface area (Å²) in [7, 11) is 0. The van der Waals surface area contributed by atoms with Gasteiger partial charge in [0.1, 0.15) is 0 Å². The van der Waals surface area contributed by atoms with Crippen molar-refractivity contribution in [2.45, 2.75) is 32.4 Å². The van der Waals surface area contributed by atoms with Crippen LogP contribution in [0.3, 0.4) is 0 Å².